The summed E-state index contributed by atoms with van der Waals surface area (Å²) < 4.78 is 7.10. The Kier molecular flexibility index (Phi) is 3.55. The van der Waals surface area contributed by atoms with Gasteiger partial charge in [-0.3, -0.25) is 4.79 Å². The van der Waals surface area contributed by atoms with Crippen molar-refractivity contribution in [2.75, 3.05) is 11.9 Å². The van der Waals surface area contributed by atoms with Crippen LogP contribution in [0.4, 0.5) is 5.69 Å². The highest BCUT2D eigenvalue weighted by atomic mass is 16.5. The van der Waals surface area contributed by atoms with E-state index in [2.05, 4.69) is 10.4 Å². The predicted molar refractivity (Wildman–Crippen MR) is 80.8 cm³/mol. The SMILES string of the molecule is CCOc1ccc(C(=O)Nc2ccn3nccc3c2)cc1. The number of nitrogens with zero attached hydrogens (tertiary/aromatic N) is 2. The van der Waals surface area contributed by atoms with Gasteiger partial charge in [-0.15, -0.1) is 0 Å². The molecule has 106 valence electrons. The number of hydrogen-bond acceptors (Lipinski definition) is 3. The summed E-state index contributed by atoms with van der Waals surface area (Å²) in [5, 5.41) is 6.99. The fraction of sp³-hybridized carbons (Fsp3) is 0.125. The van der Waals surface area contributed by atoms with Crippen molar-refractivity contribution in [3.8, 4) is 5.75 Å². The average Bonchev–Trinajstić information content (AvgIpc) is 2.96. The van der Waals surface area contributed by atoms with Crippen LogP contribution in [-0.4, -0.2) is 22.1 Å². The summed E-state index contributed by atoms with van der Waals surface area (Å²) in [6.45, 7) is 2.53. The lowest BCUT2D eigenvalue weighted by Crippen LogP contribution is -2.12. The molecule has 1 amide bonds. The summed E-state index contributed by atoms with van der Waals surface area (Å²) >= 11 is 0. The Morgan fingerprint density at radius 2 is 2.05 bits per heavy atom. The van der Waals surface area contributed by atoms with Gasteiger partial charge < -0.3 is 10.1 Å². The van der Waals surface area contributed by atoms with Crippen molar-refractivity contribution in [2.45, 2.75) is 6.92 Å². The maximum absolute atomic E-state index is 12.2. The average molecular weight is 281 g/mol. The van der Waals surface area contributed by atoms with Gasteiger partial charge in [0.25, 0.3) is 5.91 Å². The van der Waals surface area contributed by atoms with Crippen LogP contribution >= 0.6 is 0 Å². The third kappa shape index (κ3) is 2.86. The Morgan fingerprint density at radius 1 is 1.24 bits per heavy atom. The molecular formula is C16H15N3O2. The van der Waals surface area contributed by atoms with E-state index in [1.165, 1.54) is 0 Å². The van der Waals surface area contributed by atoms with E-state index in [4.69, 9.17) is 4.74 Å². The topological polar surface area (TPSA) is 55.6 Å². The molecule has 0 radical (unpaired) electrons. The zero-order valence-electron chi connectivity index (χ0n) is 11.6. The number of fused-ring (bicyclic) bond motifs is 1. The standard InChI is InChI=1S/C16H15N3O2/c1-2-21-15-5-3-12(4-6-15)16(20)18-13-8-10-19-14(11-13)7-9-17-19/h3-11H,2H2,1H3,(H,18,20). The number of ether oxygens (including phenoxy) is 1. The monoisotopic (exact) mass is 281 g/mol. The summed E-state index contributed by atoms with van der Waals surface area (Å²) in [7, 11) is 0. The number of anilines is 1. The van der Waals surface area contributed by atoms with Crippen LogP contribution in [0.1, 0.15) is 17.3 Å². The summed E-state index contributed by atoms with van der Waals surface area (Å²) in [5.74, 6) is 0.608. The van der Waals surface area contributed by atoms with Crippen molar-refractivity contribution in [3.05, 3.63) is 60.4 Å². The van der Waals surface area contributed by atoms with Crippen molar-refractivity contribution in [2.24, 2.45) is 0 Å². The fourth-order valence-corrected chi connectivity index (χ4v) is 2.07. The summed E-state index contributed by atoms with van der Waals surface area (Å²) in [6, 6.07) is 12.6. The maximum Gasteiger partial charge on any atom is 0.255 e. The van der Waals surface area contributed by atoms with E-state index in [0.29, 0.717) is 12.2 Å². The molecule has 2 aromatic heterocycles. The highest BCUT2D eigenvalue weighted by Gasteiger charge is 2.07. The Labute approximate surface area is 122 Å². The summed E-state index contributed by atoms with van der Waals surface area (Å²) in [5.41, 5.74) is 2.26. The number of benzene rings is 1. The molecule has 0 saturated carbocycles. The molecule has 0 unspecified atom stereocenters. The molecule has 0 bridgehead atoms. The Hall–Kier alpha value is -2.82. The second-order valence-corrected chi connectivity index (χ2v) is 4.53. The summed E-state index contributed by atoms with van der Waals surface area (Å²) in [4.78, 5) is 12.2. The van der Waals surface area contributed by atoms with Crippen molar-refractivity contribution in [3.63, 3.8) is 0 Å². The fourth-order valence-electron chi connectivity index (χ4n) is 2.07. The molecule has 1 N–H and O–H groups in total. The number of amides is 1. The van der Waals surface area contributed by atoms with Crippen molar-refractivity contribution >= 4 is 17.1 Å². The normalized spacial score (nSPS) is 10.5. The maximum atomic E-state index is 12.2. The first-order valence-electron chi connectivity index (χ1n) is 6.74. The molecule has 5 heteroatoms. The van der Waals surface area contributed by atoms with Crippen LogP contribution in [0.25, 0.3) is 5.52 Å². The second kappa shape index (κ2) is 5.66. The second-order valence-electron chi connectivity index (χ2n) is 4.53. The van der Waals surface area contributed by atoms with Crippen LogP contribution in [0.3, 0.4) is 0 Å². The number of hydrogen-bond donors (Lipinski definition) is 1. The molecular weight excluding hydrogens is 266 g/mol. The third-order valence-electron chi connectivity index (χ3n) is 3.08. The van der Waals surface area contributed by atoms with Gasteiger partial charge in [0.15, 0.2) is 0 Å². The highest BCUT2D eigenvalue weighted by molar-refractivity contribution is 6.04. The minimum atomic E-state index is -0.151. The van der Waals surface area contributed by atoms with Gasteiger partial charge in [0.2, 0.25) is 0 Å². The Morgan fingerprint density at radius 3 is 2.81 bits per heavy atom. The van der Waals surface area contributed by atoms with Crippen LogP contribution < -0.4 is 10.1 Å². The van der Waals surface area contributed by atoms with Gasteiger partial charge in [0, 0.05) is 23.6 Å². The molecule has 0 aliphatic heterocycles. The molecule has 0 spiro atoms. The quantitative estimate of drug-likeness (QED) is 0.800. The van der Waals surface area contributed by atoms with Crippen LogP contribution in [0.2, 0.25) is 0 Å². The number of carbonyl (C=O) groups is 1. The number of rotatable bonds is 4. The molecule has 0 atom stereocenters. The molecule has 5 nitrogen and oxygen atoms in total. The minimum Gasteiger partial charge on any atom is -0.494 e. The van der Waals surface area contributed by atoms with E-state index in [1.807, 2.05) is 31.3 Å². The number of aromatic nitrogens is 2. The zero-order chi connectivity index (χ0) is 14.7. The first kappa shape index (κ1) is 13.2. The zero-order valence-corrected chi connectivity index (χ0v) is 11.6. The lowest BCUT2D eigenvalue weighted by atomic mass is 10.2. The number of nitrogens with one attached hydrogen (secondary N) is 1. The van der Waals surface area contributed by atoms with Crippen molar-refractivity contribution < 1.29 is 9.53 Å². The van der Waals surface area contributed by atoms with Gasteiger partial charge in [-0.05, 0) is 49.4 Å². The van der Waals surface area contributed by atoms with E-state index < -0.39 is 0 Å². The van der Waals surface area contributed by atoms with Gasteiger partial charge in [-0.2, -0.15) is 5.10 Å². The lowest BCUT2D eigenvalue weighted by molar-refractivity contribution is 0.102. The van der Waals surface area contributed by atoms with E-state index in [0.717, 1.165) is 17.0 Å². The molecule has 21 heavy (non-hydrogen) atoms. The lowest BCUT2D eigenvalue weighted by Gasteiger charge is -2.07. The molecule has 0 aliphatic rings. The molecule has 0 aliphatic carbocycles. The van der Waals surface area contributed by atoms with Gasteiger partial charge in [-0.1, -0.05) is 0 Å². The van der Waals surface area contributed by atoms with E-state index in [-0.39, 0.29) is 5.91 Å². The minimum absolute atomic E-state index is 0.151. The van der Waals surface area contributed by atoms with Crippen LogP contribution in [0.5, 0.6) is 5.75 Å². The largest absolute Gasteiger partial charge is 0.494 e. The van der Waals surface area contributed by atoms with Gasteiger partial charge >= 0.3 is 0 Å². The predicted octanol–water partition coefficient (Wildman–Crippen LogP) is 2.99. The molecule has 1 aromatic carbocycles. The molecule has 0 fully saturated rings. The molecule has 3 rings (SSSR count). The van der Waals surface area contributed by atoms with Gasteiger partial charge in [-0.25, -0.2) is 4.52 Å². The number of carbonyl (C=O) groups excluding carboxylic acids is 1. The Balaban J connectivity index is 1.75. The van der Waals surface area contributed by atoms with Crippen molar-refractivity contribution in [1.29, 1.82) is 0 Å². The van der Waals surface area contributed by atoms with Crippen LogP contribution in [0.15, 0.2) is 54.9 Å². The van der Waals surface area contributed by atoms with E-state index in [1.54, 1.807) is 35.0 Å². The summed E-state index contributed by atoms with van der Waals surface area (Å²) in [6.07, 6.45) is 3.52. The third-order valence-corrected chi connectivity index (χ3v) is 3.08. The number of pyridine rings is 1. The Bertz CT molecular complexity index is 763. The van der Waals surface area contributed by atoms with Crippen LogP contribution in [-0.2, 0) is 0 Å². The smallest absolute Gasteiger partial charge is 0.255 e. The van der Waals surface area contributed by atoms with Crippen molar-refractivity contribution in [1.82, 2.24) is 9.61 Å². The molecule has 0 saturated heterocycles. The first-order chi connectivity index (χ1) is 10.3. The van der Waals surface area contributed by atoms with E-state index in [9.17, 15) is 4.79 Å². The van der Waals surface area contributed by atoms with Crippen LogP contribution in [0, 0.1) is 0 Å². The molecule has 3 aromatic rings. The van der Waals surface area contributed by atoms with Gasteiger partial charge in [0.05, 0.1) is 12.1 Å². The highest BCUT2D eigenvalue weighted by Crippen LogP contribution is 2.15. The molecule has 2 heterocycles. The van der Waals surface area contributed by atoms with E-state index >= 15 is 0 Å². The van der Waals surface area contributed by atoms with Gasteiger partial charge in [0.1, 0.15) is 5.75 Å². The first-order valence-corrected chi connectivity index (χ1v) is 6.74.